The summed E-state index contributed by atoms with van der Waals surface area (Å²) in [5.41, 5.74) is 5.90. The minimum Gasteiger partial charge on any atom is -0.468 e. The van der Waals surface area contributed by atoms with Gasteiger partial charge in [-0.2, -0.15) is 0 Å². The van der Waals surface area contributed by atoms with Crippen LogP contribution in [0.2, 0.25) is 0 Å². The van der Waals surface area contributed by atoms with Gasteiger partial charge in [0.2, 0.25) is 0 Å². The van der Waals surface area contributed by atoms with E-state index in [1.54, 1.807) is 6.26 Å². The number of furan rings is 1. The lowest BCUT2D eigenvalue weighted by atomic mass is 10.2. The molecular weight excluding hydrogens is 182 g/mol. The smallest absolute Gasteiger partial charge is 0.113 e. The summed E-state index contributed by atoms with van der Waals surface area (Å²) in [6, 6.07) is 4.21. The molecule has 0 fully saturated rings. The third-order valence-electron chi connectivity index (χ3n) is 2.14. The average Bonchev–Trinajstić information content (AvgIpc) is 2.65. The maximum atomic E-state index is 5.90. The lowest BCUT2D eigenvalue weighted by Gasteiger charge is -2.16. The van der Waals surface area contributed by atoms with Gasteiger partial charge >= 0.3 is 0 Å². The van der Waals surface area contributed by atoms with Gasteiger partial charge in [0.1, 0.15) is 5.76 Å². The van der Waals surface area contributed by atoms with E-state index >= 15 is 0 Å². The highest BCUT2D eigenvalue weighted by molar-refractivity contribution is 7.99. The summed E-state index contributed by atoms with van der Waals surface area (Å²) >= 11 is 1.85. The van der Waals surface area contributed by atoms with Gasteiger partial charge < -0.3 is 10.2 Å². The molecule has 2 N–H and O–H groups in total. The van der Waals surface area contributed by atoms with Crippen molar-refractivity contribution < 1.29 is 4.42 Å². The molecule has 3 heteroatoms. The maximum Gasteiger partial charge on any atom is 0.113 e. The Balaban J connectivity index is 2.26. The van der Waals surface area contributed by atoms with Gasteiger partial charge in [-0.15, -0.1) is 11.8 Å². The molecule has 2 nitrogen and oxygen atoms in total. The molecule has 1 aromatic heterocycles. The maximum absolute atomic E-state index is 5.90. The molecule has 2 unspecified atom stereocenters. The fourth-order valence-corrected chi connectivity index (χ4v) is 2.09. The molecule has 0 radical (unpaired) electrons. The Morgan fingerprint density at radius 2 is 2.38 bits per heavy atom. The van der Waals surface area contributed by atoms with Crippen LogP contribution in [-0.2, 0) is 5.75 Å². The molecule has 0 aliphatic heterocycles. The van der Waals surface area contributed by atoms with Crippen molar-refractivity contribution in [2.75, 3.05) is 0 Å². The quantitative estimate of drug-likeness (QED) is 0.792. The van der Waals surface area contributed by atoms with E-state index in [-0.39, 0.29) is 0 Å². The van der Waals surface area contributed by atoms with E-state index in [9.17, 15) is 0 Å². The summed E-state index contributed by atoms with van der Waals surface area (Å²) in [6.07, 6.45) is 2.74. The van der Waals surface area contributed by atoms with E-state index in [1.165, 1.54) is 0 Å². The third-order valence-corrected chi connectivity index (χ3v) is 3.47. The molecule has 0 amide bonds. The fourth-order valence-electron chi connectivity index (χ4n) is 1.06. The summed E-state index contributed by atoms with van der Waals surface area (Å²) in [5.74, 6) is 1.95. The van der Waals surface area contributed by atoms with Gasteiger partial charge in [0.15, 0.2) is 0 Å². The lowest BCUT2D eigenvalue weighted by molar-refractivity contribution is 0.529. The first kappa shape index (κ1) is 10.7. The van der Waals surface area contributed by atoms with Gasteiger partial charge in [0.05, 0.1) is 12.0 Å². The Morgan fingerprint density at radius 3 is 2.92 bits per heavy atom. The van der Waals surface area contributed by atoms with Crippen molar-refractivity contribution in [1.82, 2.24) is 0 Å². The number of hydrogen-bond acceptors (Lipinski definition) is 3. The molecule has 0 saturated carbocycles. The van der Waals surface area contributed by atoms with Crippen molar-refractivity contribution in [3.63, 3.8) is 0 Å². The third kappa shape index (κ3) is 3.44. The second kappa shape index (κ2) is 5.35. The Bertz CT molecular complexity index is 223. The van der Waals surface area contributed by atoms with Crippen LogP contribution in [0.1, 0.15) is 26.0 Å². The van der Waals surface area contributed by atoms with Crippen molar-refractivity contribution in [3.8, 4) is 0 Å². The predicted octanol–water partition coefficient (Wildman–Crippen LogP) is 2.64. The molecule has 0 spiro atoms. The van der Waals surface area contributed by atoms with E-state index < -0.39 is 0 Å². The van der Waals surface area contributed by atoms with Crippen LogP contribution < -0.4 is 5.73 Å². The highest BCUT2D eigenvalue weighted by Crippen LogP contribution is 2.20. The molecule has 13 heavy (non-hydrogen) atoms. The minimum atomic E-state index is 0.292. The lowest BCUT2D eigenvalue weighted by Crippen LogP contribution is -2.29. The number of hydrogen-bond donors (Lipinski definition) is 1. The first-order chi connectivity index (χ1) is 6.24. The molecule has 1 rings (SSSR count). The molecule has 0 aromatic carbocycles. The molecule has 74 valence electrons. The second-order valence-corrected chi connectivity index (χ2v) is 4.53. The summed E-state index contributed by atoms with van der Waals surface area (Å²) < 4.78 is 5.24. The van der Waals surface area contributed by atoms with Crippen LogP contribution in [0.4, 0.5) is 0 Å². The Kier molecular flexibility index (Phi) is 4.39. The Labute approximate surface area is 83.9 Å². The molecule has 1 aromatic rings. The minimum absolute atomic E-state index is 0.292. The SMILES string of the molecule is CCC(N)C(C)SCc1ccco1. The van der Waals surface area contributed by atoms with Crippen LogP contribution in [0.5, 0.6) is 0 Å². The monoisotopic (exact) mass is 199 g/mol. The van der Waals surface area contributed by atoms with Gasteiger partial charge in [-0.3, -0.25) is 0 Å². The van der Waals surface area contributed by atoms with Crippen LogP contribution in [0.15, 0.2) is 22.8 Å². The van der Waals surface area contributed by atoms with Crippen molar-refractivity contribution in [1.29, 1.82) is 0 Å². The number of thioether (sulfide) groups is 1. The molecule has 0 saturated heterocycles. The molecule has 0 aliphatic rings. The molecule has 0 bridgehead atoms. The first-order valence-electron chi connectivity index (χ1n) is 4.63. The van der Waals surface area contributed by atoms with Crippen molar-refractivity contribution >= 4 is 11.8 Å². The number of nitrogens with two attached hydrogens (primary N) is 1. The highest BCUT2D eigenvalue weighted by atomic mass is 32.2. The summed E-state index contributed by atoms with van der Waals surface area (Å²) in [4.78, 5) is 0. The highest BCUT2D eigenvalue weighted by Gasteiger charge is 2.11. The molecule has 1 heterocycles. The zero-order valence-corrected chi connectivity index (χ0v) is 9.01. The Hall–Kier alpha value is -0.410. The normalized spacial score (nSPS) is 15.6. The summed E-state index contributed by atoms with van der Waals surface area (Å²) in [6.45, 7) is 4.29. The van der Waals surface area contributed by atoms with Gasteiger partial charge in [-0.1, -0.05) is 13.8 Å². The van der Waals surface area contributed by atoms with E-state index in [0.29, 0.717) is 11.3 Å². The summed E-state index contributed by atoms with van der Waals surface area (Å²) in [5, 5.41) is 0.495. The zero-order chi connectivity index (χ0) is 9.68. The molecular formula is C10H17NOS. The average molecular weight is 199 g/mol. The van der Waals surface area contributed by atoms with E-state index in [0.717, 1.165) is 17.9 Å². The van der Waals surface area contributed by atoms with Crippen LogP contribution in [-0.4, -0.2) is 11.3 Å². The van der Waals surface area contributed by atoms with Gasteiger partial charge in [0, 0.05) is 11.3 Å². The van der Waals surface area contributed by atoms with Gasteiger partial charge in [-0.25, -0.2) is 0 Å². The van der Waals surface area contributed by atoms with Gasteiger partial charge in [0.25, 0.3) is 0 Å². The van der Waals surface area contributed by atoms with Crippen LogP contribution >= 0.6 is 11.8 Å². The Morgan fingerprint density at radius 1 is 1.62 bits per heavy atom. The predicted molar refractivity (Wildman–Crippen MR) is 57.7 cm³/mol. The van der Waals surface area contributed by atoms with Crippen molar-refractivity contribution in [3.05, 3.63) is 24.2 Å². The first-order valence-corrected chi connectivity index (χ1v) is 5.68. The second-order valence-electron chi connectivity index (χ2n) is 3.17. The zero-order valence-electron chi connectivity index (χ0n) is 8.19. The fraction of sp³-hybridized carbons (Fsp3) is 0.600. The van der Waals surface area contributed by atoms with E-state index in [4.69, 9.17) is 10.2 Å². The molecule has 2 atom stereocenters. The summed E-state index contributed by atoms with van der Waals surface area (Å²) in [7, 11) is 0. The van der Waals surface area contributed by atoms with Crippen LogP contribution in [0.3, 0.4) is 0 Å². The van der Waals surface area contributed by atoms with Crippen LogP contribution in [0.25, 0.3) is 0 Å². The van der Waals surface area contributed by atoms with Gasteiger partial charge in [-0.05, 0) is 18.6 Å². The van der Waals surface area contributed by atoms with E-state index in [2.05, 4.69) is 13.8 Å². The number of rotatable bonds is 5. The molecule has 0 aliphatic carbocycles. The largest absolute Gasteiger partial charge is 0.468 e. The van der Waals surface area contributed by atoms with Crippen LogP contribution in [0, 0.1) is 0 Å². The van der Waals surface area contributed by atoms with E-state index in [1.807, 2.05) is 23.9 Å². The van der Waals surface area contributed by atoms with Crippen molar-refractivity contribution in [2.45, 2.75) is 37.3 Å². The standard InChI is InChI=1S/C10H17NOS/c1-3-10(11)8(2)13-7-9-5-4-6-12-9/h4-6,8,10H,3,7,11H2,1-2H3. The topological polar surface area (TPSA) is 39.2 Å². The van der Waals surface area contributed by atoms with Crippen molar-refractivity contribution in [2.24, 2.45) is 5.73 Å².